The molecule has 0 radical (unpaired) electrons. The molecule has 0 aromatic rings. The zero-order valence-electron chi connectivity index (χ0n) is 12.0. The molecule has 0 aliphatic carbocycles. The van der Waals surface area contributed by atoms with Crippen molar-refractivity contribution >= 4 is 0 Å². The summed E-state index contributed by atoms with van der Waals surface area (Å²) in [5.74, 6) is 12.6. The molecule has 0 unspecified atom stereocenters. The fraction of sp³-hybridized carbons (Fsp3) is 0.750. The van der Waals surface area contributed by atoms with Gasteiger partial charge in [0, 0.05) is 19.4 Å². The first-order chi connectivity index (χ1) is 8.85. The van der Waals surface area contributed by atoms with Crippen LogP contribution in [0.2, 0.25) is 0 Å². The van der Waals surface area contributed by atoms with Crippen molar-refractivity contribution in [1.29, 1.82) is 0 Å². The summed E-state index contributed by atoms with van der Waals surface area (Å²) in [6, 6.07) is 0. The summed E-state index contributed by atoms with van der Waals surface area (Å²) in [6.45, 7) is 6.61. The van der Waals surface area contributed by atoms with Crippen LogP contribution in [0.3, 0.4) is 0 Å². The van der Waals surface area contributed by atoms with Crippen molar-refractivity contribution in [3.63, 3.8) is 0 Å². The molecule has 0 atom stereocenters. The number of nitrogens with zero attached hydrogens (tertiary/aromatic N) is 1. The Balaban J connectivity index is 3.88. The second kappa shape index (κ2) is 14.1. The fourth-order valence-electron chi connectivity index (χ4n) is 1.40. The average molecular weight is 249 g/mol. The van der Waals surface area contributed by atoms with Crippen LogP contribution in [0.15, 0.2) is 0 Å². The molecule has 18 heavy (non-hydrogen) atoms. The van der Waals surface area contributed by atoms with E-state index in [1.54, 1.807) is 0 Å². The summed E-state index contributed by atoms with van der Waals surface area (Å²) in [6.07, 6.45) is 6.68. The van der Waals surface area contributed by atoms with Crippen LogP contribution in [0, 0.1) is 23.7 Å². The highest BCUT2D eigenvalue weighted by molar-refractivity contribution is 5.05. The van der Waals surface area contributed by atoms with E-state index >= 15 is 0 Å². The van der Waals surface area contributed by atoms with Gasteiger partial charge in [-0.05, 0) is 12.8 Å². The number of hydrogen-bond acceptors (Lipinski definition) is 2. The van der Waals surface area contributed by atoms with Gasteiger partial charge in [0.2, 0.25) is 0 Å². The van der Waals surface area contributed by atoms with Crippen molar-refractivity contribution in [2.45, 2.75) is 52.4 Å². The van der Waals surface area contributed by atoms with Gasteiger partial charge in [0.1, 0.15) is 0 Å². The smallest absolute Gasteiger partial charge is 0.0610 e. The third kappa shape index (κ3) is 11.5. The highest BCUT2D eigenvalue weighted by Gasteiger charge is 1.98. The Labute approximate surface area is 113 Å². The Kier molecular flexibility index (Phi) is 13.4. The van der Waals surface area contributed by atoms with Crippen molar-refractivity contribution in [3.8, 4) is 23.7 Å². The van der Waals surface area contributed by atoms with Crippen molar-refractivity contribution in [3.05, 3.63) is 0 Å². The van der Waals surface area contributed by atoms with Crippen LogP contribution in [0.4, 0.5) is 0 Å². The van der Waals surface area contributed by atoms with Gasteiger partial charge in [-0.15, -0.1) is 11.8 Å². The number of aliphatic hydroxyl groups is 1. The molecule has 0 saturated heterocycles. The maximum Gasteiger partial charge on any atom is 0.0610 e. The summed E-state index contributed by atoms with van der Waals surface area (Å²) < 4.78 is 0. The van der Waals surface area contributed by atoms with Gasteiger partial charge in [-0.1, -0.05) is 38.5 Å². The molecule has 0 aliphatic heterocycles. The zero-order valence-corrected chi connectivity index (χ0v) is 12.0. The predicted octanol–water partition coefficient (Wildman–Crippen LogP) is 2.67. The normalized spacial score (nSPS) is 9.56. The van der Waals surface area contributed by atoms with Crippen molar-refractivity contribution in [2.24, 2.45) is 0 Å². The van der Waals surface area contributed by atoms with E-state index in [4.69, 9.17) is 5.11 Å². The van der Waals surface area contributed by atoms with Gasteiger partial charge in [0.15, 0.2) is 0 Å². The first kappa shape index (κ1) is 17.0. The summed E-state index contributed by atoms with van der Waals surface area (Å²) in [5.41, 5.74) is 0. The van der Waals surface area contributed by atoms with Gasteiger partial charge >= 0.3 is 0 Å². The summed E-state index contributed by atoms with van der Waals surface area (Å²) in [4.78, 5) is 2.10. The Morgan fingerprint density at radius 2 is 1.33 bits per heavy atom. The highest BCUT2D eigenvalue weighted by atomic mass is 16.3. The van der Waals surface area contributed by atoms with Gasteiger partial charge < -0.3 is 5.11 Å². The molecule has 0 amide bonds. The Morgan fingerprint density at radius 3 is 1.72 bits per heavy atom. The molecule has 1 N–H and O–H groups in total. The van der Waals surface area contributed by atoms with E-state index in [0.717, 1.165) is 12.8 Å². The second-order valence-electron chi connectivity index (χ2n) is 4.35. The van der Waals surface area contributed by atoms with Crippen molar-refractivity contribution < 1.29 is 5.11 Å². The standard InChI is InChI=1S/C16H27NO/c1-3-5-7-9-11-13-17(15-16-18)14-12-10-8-6-4-2/h18H,3-8,13-16H2,1-2H3. The molecule has 0 rings (SSSR count). The SMILES string of the molecule is CCCCC#CCN(CC#CCCCC)CCO. The zero-order chi connectivity index (χ0) is 13.5. The second-order valence-corrected chi connectivity index (χ2v) is 4.35. The number of hydrogen-bond donors (Lipinski definition) is 1. The molecule has 0 aliphatic rings. The van der Waals surface area contributed by atoms with E-state index in [0.29, 0.717) is 19.6 Å². The lowest BCUT2D eigenvalue weighted by atomic mass is 10.2. The fourth-order valence-corrected chi connectivity index (χ4v) is 1.40. The monoisotopic (exact) mass is 249 g/mol. The first-order valence-electron chi connectivity index (χ1n) is 7.09. The summed E-state index contributed by atoms with van der Waals surface area (Å²) in [5, 5.41) is 8.98. The Bertz CT molecular complexity index is 262. The van der Waals surface area contributed by atoms with Crippen LogP contribution >= 0.6 is 0 Å². The third-order valence-electron chi connectivity index (χ3n) is 2.58. The van der Waals surface area contributed by atoms with Crippen LogP contribution in [0.1, 0.15) is 52.4 Å². The quantitative estimate of drug-likeness (QED) is 0.528. The topological polar surface area (TPSA) is 23.5 Å². The van der Waals surface area contributed by atoms with Gasteiger partial charge in [0.05, 0.1) is 19.7 Å². The number of rotatable bonds is 8. The molecular weight excluding hydrogens is 222 g/mol. The molecule has 0 aromatic heterocycles. The third-order valence-corrected chi connectivity index (χ3v) is 2.58. The van der Waals surface area contributed by atoms with Crippen LogP contribution in [0.25, 0.3) is 0 Å². The molecule has 0 heterocycles. The lowest BCUT2D eigenvalue weighted by Crippen LogP contribution is -2.27. The largest absolute Gasteiger partial charge is 0.395 e. The maximum atomic E-state index is 8.98. The van der Waals surface area contributed by atoms with Crippen molar-refractivity contribution in [1.82, 2.24) is 4.90 Å². The van der Waals surface area contributed by atoms with Crippen LogP contribution < -0.4 is 0 Å². The van der Waals surface area contributed by atoms with E-state index in [-0.39, 0.29) is 6.61 Å². The lowest BCUT2D eigenvalue weighted by molar-refractivity contribution is 0.224. The van der Waals surface area contributed by atoms with Crippen LogP contribution in [-0.4, -0.2) is 36.2 Å². The maximum absolute atomic E-state index is 8.98. The molecule has 0 spiro atoms. The molecule has 0 bridgehead atoms. The molecule has 2 nitrogen and oxygen atoms in total. The molecule has 0 saturated carbocycles. The van der Waals surface area contributed by atoms with Crippen LogP contribution in [-0.2, 0) is 0 Å². The Morgan fingerprint density at radius 1 is 0.833 bits per heavy atom. The van der Waals surface area contributed by atoms with Gasteiger partial charge in [-0.3, -0.25) is 4.90 Å². The predicted molar refractivity (Wildman–Crippen MR) is 78.1 cm³/mol. The van der Waals surface area contributed by atoms with Gasteiger partial charge in [0.25, 0.3) is 0 Å². The average Bonchev–Trinajstić information content (AvgIpc) is 2.38. The number of unbranched alkanes of at least 4 members (excludes halogenated alkanes) is 4. The molecule has 0 fully saturated rings. The van der Waals surface area contributed by atoms with E-state index < -0.39 is 0 Å². The summed E-state index contributed by atoms with van der Waals surface area (Å²) >= 11 is 0. The van der Waals surface area contributed by atoms with E-state index in [1.807, 2.05) is 0 Å². The Hall–Kier alpha value is -0.960. The van der Waals surface area contributed by atoms with Gasteiger partial charge in [-0.2, -0.15) is 0 Å². The number of aliphatic hydroxyl groups excluding tert-OH is 1. The van der Waals surface area contributed by atoms with E-state index in [9.17, 15) is 0 Å². The van der Waals surface area contributed by atoms with E-state index in [1.165, 1.54) is 25.7 Å². The highest BCUT2D eigenvalue weighted by Crippen LogP contribution is 1.92. The molecule has 2 heteroatoms. The summed E-state index contributed by atoms with van der Waals surface area (Å²) in [7, 11) is 0. The molecular formula is C16H27NO. The van der Waals surface area contributed by atoms with Gasteiger partial charge in [-0.25, -0.2) is 0 Å². The minimum atomic E-state index is 0.174. The van der Waals surface area contributed by atoms with E-state index in [2.05, 4.69) is 42.4 Å². The van der Waals surface area contributed by atoms with Crippen molar-refractivity contribution in [2.75, 3.05) is 26.2 Å². The van der Waals surface area contributed by atoms with Crippen LogP contribution in [0.5, 0.6) is 0 Å². The molecule has 102 valence electrons. The minimum absolute atomic E-state index is 0.174. The minimum Gasteiger partial charge on any atom is -0.395 e. The molecule has 0 aromatic carbocycles. The first-order valence-corrected chi connectivity index (χ1v) is 7.09. The lowest BCUT2D eigenvalue weighted by Gasteiger charge is -2.14.